The summed E-state index contributed by atoms with van der Waals surface area (Å²) in [4.78, 5) is 17.0. The third-order valence-electron chi connectivity index (χ3n) is 5.27. The number of alkyl carbamates (subject to hydrolysis) is 1. The number of nitrogens with zero attached hydrogens (tertiary/aromatic N) is 2. The van der Waals surface area contributed by atoms with Crippen molar-refractivity contribution in [1.82, 2.24) is 10.2 Å². The van der Waals surface area contributed by atoms with Crippen molar-refractivity contribution < 1.29 is 9.53 Å². The number of hydrogen-bond donors (Lipinski definition) is 1. The molecule has 0 aromatic heterocycles. The summed E-state index contributed by atoms with van der Waals surface area (Å²) in [6.07, 6.45) is 3.05. The molecule has 1 saturated heterocycles. The number of anilines is 1. The van der Waals surface area contributed by atoms with Gasteiger partial charge >= 0.3 is 6.09 Å². The van der Waals surface area contributed by atoms with Gasteiger partial charge in [-0.3, -0.25) is 4.90 Å². The number of piperazine rings is 1. The van der Waals surface area contributed by atoms with E-state index in [1.54, 1.807) is 0 Å². The Labute approximate surface area is 157 Å². The van der Waals surface area contributed by atoms with Crippen LogP contribution in [-0.4, -0.2) is 55.4 Å². The van der Waals surface area contributed by atoms with E-state index in [1.165, 1.54) is 12.1 Å². The molecule has 1 saturated carbocycles. The Bertz CT molecular complexity index is 577. The van der Waals surface area contributed by atoms with Gasteiger partial charge in [0.05, 0.1) is 0 Å². The molecule has 1 aromatic carbocycles. The molecule has 144 valence electrons. The number of carbonyl (C=O) groups is 1. The van der Waals surface area contributed by atoms with Crippen LogP contribution in [0.1, 0.15) is 40.0 Å². The fraction of sp³-hybridized carbons (Fsp3) is 0.667. The highest BCUT2D eigenvalue weighted by atomic mass is 16.6. The summed E-state index contributed by atoms with van der Waals surface area (Å²) in [5.74, 6) is 0.679. The Morgan fingerprint density at radius 2 is 1.81 bits per heavy atom. The largest absolute Gasteiger partial charge is 0.444 e. The Morgan fingerprint density at radius 1 is 1.12 bits per heavy atom. The first-order valence-electron chi connectivity index (χ1n) is 9.91. The molecule has 1 aliphatic carbocycles. The number of nitrogens with one attached hydrogen (secondary N) is 1. The lowest BCUT2D eigenvalue weighted by molar-refractivity contribution is 0.0504. The van der Waals surface area contributed by atoms with E-state index >= 15 is 0 Å². The van der Waals surface area contributed by atoms with E-state index in [-0.39, 0.29) is 12.1 Å². The number of ether oxygens (including phenoxy) is 1. The molecule has 0 unspecified atom stereocenters. The van der Waals surface area contributed by atoms with E-state index in [2.05, 4.69) is 45.4 Å². The molecule has 1 aliphatic heterocycles. The third-order valence-corrected chi connectivity index (χ3v) is 5.27. The molecule has 3 rings (SSSR count). The van der Waals surface area contributed by atoms with Crippen LogP contribution in [0.2, 0.25) is 0 Å². The van der Waals surface area contributed by atoms with Crippen molar-refractivity contribution in [1.29, 1.82) is 0 Å². The van der Waals surface area contributed by atoms with Crippen molar-refractivity contribution in [3.8, 4) is 0 Å². The molecule has 1 N–H and O–H groups in total. The molecule has 1 aromatic rings. The SMILES string of the molecule is CC(C)(C)OC(=O)N[C@H]1CC[C@@H](CN2CCN(c3ccccc3)CC2)C1. The van der Waals surface area contributed by atoms with Crippen LogP contribution in [0.3, 0.4) is 0 Å². The molecule has 5 heteroatoms. The Kier molecular flexibility index (Phi) is 6.07. The summed E-state index contributed by atoms with van der Waals surface area (Å²) in [5.41, 5.74) is 0.898. The molecule has 0 radical (unpaired) electrons. The van der Waals surface area contributed by atoms with Gasteiger partial charge in [-0.1, -0.05) is 18.2 Å². The fourth-order valence-electron chi connectivity index (χ4n) is 4.04. The molecular weight excluding hydrogens is 326 g/mol. The average molecular weight is 360 g/mol. The van der Waals surface area contributed by atoms with Gasteiger partial charge in [0, 0.05) is 44.5 Å². The van der Waals surface area contributed by atoms with Crippen LogP contribution in [0, 0.1) is 5.92 Å². The van der Waals surface area contributed by atoms with Gasteiger partial charge in [-0.05, 0) is 58.1 Å². The van der Waals surface area contributed by atoms with Crippen molar-refractivity contribution in [2.75, 3.05) is 37.6 Å². The van der Waals surface area contributed by atoms with Gasteiger partial charge in [0.25, 0.3) is 0 Å². The van der Waals surface area contributed by atoms with Crippen LogP contribution in [0.25, 0.3) is 0 Å². The molecule has 1 heterocycles. The second-order valence-corrected chi connectivity index (χ2v) is 8.65. The first-order valence-corrected chi connectivity index (χ1v) is 9.91. The number of para-hydroxylation sites is 1. The highest BCUT2D eigenvalue weighted by Crippen LogP contribution is 2.27. The van der Waals surface area contributed by atoms with Crippen LogP contribution in [-0.2, 0) is 4.74 Å². The smallest absolute Gasteiger partial charge is 0.407 e. The number of carbonyl (C=O) groups excluding carboxylic acids is 1. The van der Waals surface area contributed by atoms with Crippen molar-refractivity contribution in [3.05, 3.63) is 30.3 Å². The van der Waals surface area contributed by atoms with Crippen LogP contribution in [0.4, 0.5) is 10.5 Å². The summed E-state index contributed by atoms with van der Waals surface area (Å²) < 4.78 is 5.37. The summed E-state index contributed by atoms with van der Waals surface area (Å²) in [5, 5.41) is 3.04. The highest BCUT2D eigenvalue weighted by Gasteiger charge is 2.29. The van der Waals surface area contributed by atoms with Crippen molar-refractivity contribution in [3.63, 3.8) is 0 Å². The number of benzene rings is 1. The van der Waals surface area contributed by atoms with Crippen molar-refractivity contribution in [2.24, 2.45) is 5.92 Å². The predicted octanol–water partition coefficient (Wildman–Crippen LogP) is 3.50. The molecule has 2 aliphatic rings. The first kappa shape index (κ1) is 19.0. The van der Waals surface area contributed by atoms with E-state index in [1.807, 2.05) is 20.8 Å². The maximum atomic E-state index is 11.9. The number of amides is 1. The zero-order valence-electron chi connectivity index (χ0n) is 16.4. The van der Waals surface area contributed by atoms with Crippen molar-refractivity contribution >= 4 is 11.8 Å². The van der Waals surface area contributed by atoms with E-state index < -0.39 is 5.60 Å². The molecule has 0 spiro atoms. The van der Waals surface area contributed by atoms with Gasteiger partial charge in [-0.25, -0.2) is 4.79 Å². The predicted molar refractivity (Wildman–Crippen MR) is 106 cm³/mol. The zero-order valence-corrected chi connectivity index (χ0v) is 16.4. The highest BCUT2D eigenvalue weighted by molar-refractivity contribution is 5.68. The molecule has 26 heavy (non-hydrogen) atoms. The normalized spacial score (nSPS) is 24.5. The summed E-state index contributed by atoms with van der Waals surface area (Å²) in [6, 6.07) is 10.9. The summed E-state index contributed by atoms with van der Waals surface area (Å²) in [7, 11) is 0. The Morgan fingerprint density at radius 3 is 2.46 bits per heavy atom. The lowest BCUT2D eigenvalue weighted by Crippen LogP contribution is -2.47. The lowest BCUT2D eigenvalue weighted by atomic mass is 10.1. The third kappa shape index (κ3) is 5.63. The Balaban J connectivity index is 1.38. The number of hydrogen-bond acceptors (Lipinski definition) is 4. The maximum absolute atomic E-state index is 11.9. The maximum Gasteiger partial charge on any atom is 0.407 e. The van der Waals surface area contributed by atoms with Gasteiger partial charge in [-0.2, -0.15) is 0 Å². The van der Waals surface area contributed by atoms with E-state index in [9.17, 15) is 4.79 Å². The minimum absolute atomic E-state index is 0.264. The molecule has 2 fully saturated rings. The first-order chi connectivity index (χ1) is 12.4. The van der Waals surface area contributed by atoms with E-state index in [0.717, 1.165) is 45.6 Å². The van der Waals surface area contributed by atoms with Crippen LogP contribution >= 0.6 is 0 Å². The molecule has 0 bridgehead atoms. The fourth-order valence-corrected chi connectivity index (χ4v) is 4.04. The standard InChI is InChI=1S/C21H33N3O2/c1-21(2,3)26-20(25)22-18-10-9-17(15-18)16-23-11-13-24(14-12-23)19-7-5-4-6-8-19/h4-8,17-18H,9-16H2,1-3H3,(H,22,25)/t17-,18+/m1/s1. The van der Waals surface area contributed by atoms with Gasteiger partial charge in [-0.15, -0.1) is 0 Å². The van der Waals surface area contributed by atoms with Crippen molar-refractivity contribution in [2.45, 2.75) is 51.7 Å². The number of rotatable bonds is 4. The minimum Gasteiger partial charge on any atom is -0.444 e. The Hall–Kier alpha value is -1.75. The zero-order chi connectivity index (χ0) is 18.6. The topological polar surface area (TPSA) is 44.8 Å². The van der Waals surface area contributed by atoms with Gasteiger partial charge < -0.3 is 15.0 Å². The molecule has 1 amide bonds. The molecule has 5 nitrogen and oxygen atoms in total. The van der Waals surface area contributed by atoms with Gasteiger partial charge in [0.15, 0.2) is 0 Å². The van der Waals surface area contributed by atoms with E-state index in [0.29, 0.717) is 5.92 Å². The van der Waals surface area contributed by atoms with Crippen LogP contribution < -0.4 is 10.2 Å². The van der Waals surface area contributed by atoms with Gasteiger partial charge in [0.2, 0.25) is 0 Å². The summed E-state index contributed by atoms with van der Waals surface area (Å²) >= 11 is 0. The quantitative estimate of drug-likeness (QED) is 0.894. The van der Waals surface area contributed by atoms with E-state index in [4.69, 9.17) is 4.74 Å². The minimum atomic E-state index is -0.430. The second kappa shape index (κ2) is 8.30. The van der Waals surface area contributed by atoms with Crippen LogP contribution in [0.15, 0.2) is 30.3 Å². The lowest BCUT2D eigenvalue weighted by Gasteiger charge is -2.37. The second-order valence-electron chi connectivity index (χ2n) is 8.65. The molecule has 2 atom stereocenters. The average Bonchev–Trinajstić information content (AvgIpc) is 3.01. The van der Waals surface area contributed by atoms with Gasteiger partial charge in [0.1, 0.15) is 5.60 Å². The molecular formula is C21H33N3O2. The summed E-state index contributed by atoms with van der Waals surface area (Å²) in [6.45, 7) is 11.3. The van der Waals surface area contributed by atoms with Crippen LogP contribution in [0.5, 0.6) is 0 Å². The monoisotopic (exact) mass is 359 g/mol.